The second kappa shape index (κ2) is 9.69. The minimum Gasteiger partial charge on any atom is -0.326 e. The second-order valence-electron chi connectivity index (χ2n) is 7.43. The topological polar surface area (TPSA) is 75.3 Å². The van der Waals surface area contributed by atoms with Crippen LogP contribution in [0.5, 0.6) is 0 Å². The first-order chi connectivity index (χ1) is 14.3. The van der Waals surface area contributed by atoms with E-state index in [0.717, 1.165) is 11.1 Å². The van der Waals surface area contributed by atoms with Gasteiger partial charge in [0, 0.05) is 24.1 Å². The number of benzene rings is 3. The molecule has 0 aliphatic rings. The van der Waals surface area contributed by atoms with Crippen LogP contribution < -0.4 is 10.0 Å². The van der Waals surface area contributed by atoms with E-state index in [2.05, 4.69) is 10.0 Å². The lowest BCUT2D eigenvalue weighted by molar-refractivity contribution is -0.116. The summed E-state index contributed by atoms with van der Waals surface area (Å²) in [5.74, 6) is -0.203. The Balaban J connectivity index is 1.73. The van der Waals surface area contributed by atoms with Crippen molar-refractivity contribution in [1.29, 1.82) is 0 Å². The van der Waals surface area contributed by atoms with Crippen LogP contribution >= 0.6 is 0 Å². The Kier molecular flexibility index (Phi) is 7.03. The van der Waals surface area contributed by atoms with E-state index in [-0.39, 0.29) is 29.2 Å². The first-order valence-corrected chi connectivity index (χ1v) is 11.4. The number of amides is 1. The molecule has 0 bridgehead atoms. The monoisotopic (exact) mass is 422 g/mol. The molecule has 1 amide bonds. The van der Waals surface area contributed by atoms with E-state index in [4.69, 9.17) is 0 Å². The molecule has 156 valence electrons. The molecular weight excluding hydrogens is 396 g/mol. The highest BCUT2D eigenvalue weighted by Crippen LogP contribution is 2.28. The Morgan fingerprint density at radius 3 is 1.77 bits per heavy atom. The molecule has 0 spiro atoms. The maximum Gasteiger partial charge on any atom is 0.240 e. The van der Waals surface area contributed by atoms with Gasteiger partial charge in [0.25, 0.3) is 0 Å². The normalized spacial score (nSPS) is 11.6. The van der Waals surface area contributed by atoms with E-state index in [1.54, 1.807) is 26.0 Å². The van der Waals surface area contributed by atoms with Gasteiger partial charge < -0.3 is 5.32 Å². The molecule has 0 heterocycles. The van der Waals surface area contributed by atoms with Gasteiger partial charge in [-0.25, -0.2) is 13.1 Å². The fourth-order valence-corrected chi connectivity index (χ4v) is 4.54. The van der Waals surface area contributed by atoms with Crippen molar-refractivity contribution in [2.24, 2.45) is 0 Å². The summed E-state index contributed by atoms with van der Waals surface area (Å²) in [7, 11) is -3.56. The van der Waals surface area contributed by atoms with Gasteiger partial charge in [-0.1, -0.05) is 60.7 Å². The molecule has 3 aromatic rings. The highest BCUT2D eigenvalue weighted by Gasteiger charge is 2.19. The summed E-state index contributed by atoms with van der Waals surface area (Å²) >= 11 is 0. The third-order valence-corrected chi connectivity index (χ3v) is 6.31. The number of sulfonamides is 1. The minimum atomic E-state index is -3.56. The number of nitrogens with one attached hydrogen (secondary N) is 2. The Hall–Kier alpha value is -2.96. The second-order valence-corrected chi connectivity index (χ2v) is 9.14. The summed E-state index contributed by atoms with van der Waals surface area (Å²) in [6.07, 6.45) is 0.281. The minimum absolute atomic E-state index is 0.0673. The van der Waals surface area contributed by atoms with Gasteiger partial charge in [0.2, 0.25) is 15.9 Å². The van der Waals surface area contributed by atoms with E-state index in [1.807, 2.05) is 60.7 Å². The lowest BCUT2D eigenvalue weighted by Gasteiger charge is -2.18. The summed E-state index contributed by atoms with van der Waals surface area (Å²) in [6.45, 7) is 3.53. The third-order valence-electron chi connectivity index (χ3n) is 4.63. The number of anilines is 1. The molecule has 3 aromatic carbocycles. The van der Waals surface area contributed by atoms with E-state index in [0.29, 0.717) is 5.69 Å². The number of carbonyl (C=O) groups is 1. The first kappa shape index (κ1) is 21.7. The molecule has 0 aliphatic heterocycles. The molecule has 6 heteroatoms. The average molecular weight is 423 g/mol. The molecule has 0 aliphatic carbocycles. The molecule has 0 saturated carbocycles. The van der Waals surface area contributed by atoms with E-state index in [1.165, 1.54) is 12.1 Å². The Morgan fingerprint density at radius 2 is 1.30 bits per heavy atom. The van der Waals surface area contributed by atoms with Gasteiger partial charge in [-0.2, -0.15) is 0 Å². The number of rotatable bonds is 8. The van der Waals surface area contributed by atoms with Gasteiger partial charge in [0.05, 0.1) is 4.90 Å². The van der Waals surface area contributed by atoms with E-state index < -0.39 is 10.0 Å². The maximum atomic E-state index is 12.8. The number of carbonyl (C=O) groups excluding carboxylic acids is 1. The van der Waals surface area contributed by atoms with Crippen molar-refractivity contribution in [3.8, 4) is 0 Å². The average Bonchev–Trinajstić information content (AvgIpc) is 2.73. The molecule has 0 atom stereocenters. The predicted molar refractivity (Wildman–Crippen MR) is 120 cm³/mol. The Morgan fingerprint density at radius 1 is 0.800 bits per heavy atom. The quantitative estimate of drug-likeness (QED) is 0.560. The smallest absolute Gasteiger partial charge is 0.240 e. The first-order valence-electron chi connectivity index (χ1n) is 9.87. The lowest BCUT2D eigenvalue weighted by Crippen LogP contribution is -2.30. The van der Waals surface area contributed by atoms with Crippen molar-refractivity contribution in [3.63, 3.8) is 0 Å². The van der Waals surface area contributed by atoms with E-state index in [9.17, 15) is 13.2 Å². The fraction of sp³-hybridized carbons (Fsp3) is 0.208. The van der Waals surface area contributed by atoms with Crippen LogP contribution in [0, 0.1) is 0 Å². The summed E-state index contributed by atoms with van der Waals surface area (Å²) in [6, 6.07) is 25.9. The molecule has 0 radical (unpaired) electrons. The molecular formula is C24H26N2O3S. The number of hydrogen-bond acceptors (Lipinski definition) is 3. The van der Waals surface area contributed by atoms with Crippen molar-refractivity contribution >= 4 is 21.6 Å². The molecule has 0 unspecified atom stereocenters. The molecule has 3 rings (SSSR count). The van der Waals surface area contributed by atoms with Gasteiger partial charge in [0.1, 0.15) is 0 Å². The predicted octanol–water partition coefficient (Wildman–Crippen LogP) is 4.53. The zero-order valence-corrected chi connectivity index (χ0v) is 17.9. The highest BCUT2D eigenvalue weighted by atomic mass is 32.2. The standard InChI is InChI=1S/C24H26N2O3S/c1-18(2)26-30(28,29)22-15-13-21(14-16-22)25-24(27)17-23(19-9-5-3-6-10-19)20-11-7-4-8-12-20/h3-16,18,23,26H,17H2,1-2H3,(H,25,27). The Bertz CT molecular complexity index is 1020. The summed E-state index contributed by atoms with van der Waals surface area (Å²) in [5, 5.41) is 2.88. The summed E-state index contributed by atoms with van der Waals surface area (Å²) in [4.78, 5) is 12.9. The van der Waals surface area contributed by atoms with Crippen molar-refractivity contribution in [2.45, 2.75) is 37.1 Å². The van der Waals surface area contributed by atoms with E-state index >= 15 is 0 Å². The molecule has 0 aromatic heterocycles. The van der Waals surface area contributed by atoms with Crippen molar-refractivity contribution < 1.29 is 13.2 Å². The molecule has 0 saturated heterocycles. The molecule has 0 fully saturated rings. The largest absolute Gasteiger partial charge is 0.326 e. The van der Waals surface area contributed by atoms with Crippen molar-refractivity contribution in [2.75, 3.05) is 5.32 Å². The van der Waals surface area contributed by atoms with Crippen LogP contribution in [0.15, 0.2) is 89.8 Å². The van der Waals surface area contributed by atoms with Gasteiger partial charge in [-0.3, -0.25) is 4.79 Å². The van der Waals surface area contributed by atoms with Gasteiger partial charge >= 0.3 is 0 Å². The summed E-state index contributed by atoms with van der Waals surface area (Å²) < 4.78 is 27.0. The van der Waals surface area contributed by atoms with Crippen LogP contribution in [0.2, 0.25) is 0 Å². The Labute approximate surface area is 178 Å². The zero-order chi connectivity index (χ0) is 21.6. The highest BCUT2D eigenvalue weighted by molar-refractivity contribution is 7.89. The molecule has 5 nitrogen and oxygen atoms in total. The SMILES string of the molecule is CC(C)NS(=O)(=O)c1ccc(NC(=O)CC(c2ccccc2)c2ccccc2)cc1. The van der Waals surface area contributed by atoms with Crippen LogP contribution in [-0.2, 0) is 14.8 Å². The van der Waals surface area contributed by atoms with Crippen molar-refractivity contribution in [1.82, 2.24) is 4.72 Å². The van der Waals surface area contributed by atoms with Gasteiger partial charge in [-0.05, 0) is 49.2 Å². The van der Waals surface area contributed by atoms with Crippen LogP contribution in [0.4, 0.5) is 5.69 Å². The third kappa shape index (κ3) is 5.78. The van der Waals surface area contributed by atoms with Crippen LogP contribution in [0.1, 0.15) is 37.3 Å². The molecule has 2 N–H and O–H groups in total. The maximum absolute atomic E-state index is 12.8. The van der Waals surface area contributed by atoms with Crippen LogP contribution in [0.25, 0.3) is 0 Å². The number of hydrogen-bond donors (Lipinski definition) is 2. The van der Waals surface area contributed by atoms with Gasteiger partial charge in [0.15, 0.2) is 0 Å². The van der Waals surface area contributed by atoms with Gasteiger partial charge in [-0.15, -0.1) is 0 Å². The lowest BCUT2D eigenvalue weighted by atomic mass is 9.88. The fourth-order valence-electron chi connectivity index (χ4n) is 3.29. The zero-order valence-electron chi connectivity index (χ0n) is 17.1. The summed E-state index contributed by atoms with van der Waals surface area (Å²) in [5.41, 5.74) is 2.70. The van der Waals surface area contributed by atoms with Crippen molar-refractivity contribution in [3.05, 3.63) is 96.1 Å². The van der Waals surface area contributed by atoms with Crippen LogP contribution in [0.3, 0.4) is 0 Å². The van der Waals surface area contributed by atoms with Crippen LogP contribution in [-0.4, -0.2) is 20.4 Å². The molecule has 30 heavy (non-hydrogen) atoms.